The van der Waals surface area contributed by atoms with E-state index in [1.165, 1.54) is 38.8 Å². The fraction of sp³-hybridized carbons (Fsp3) is 0.941. The topological polar surface area (TPSA) is 39.7 Å². The van der Waals surface area contributed by atoms with Crippen LogP contribution in [0.4, 0.5) is 0 Å². The van der Waals surface area contributed by atoms with Crippen molar-refractivity contribution in [2.24, 2.45) is 16.8 Å². The van der Waals surface area contributed by atoms with Crippen molar-refractivity contribution in [1.82, 2.24) is 15.5 Å². The summed E-state index contributed by atoms with van der Waals surface area (Å²) in [4.78, 5) is 6.98. The Labute approximate surface area is 164 Å². The Balaban J connectivity index is 0.00000264. The molecule has 0 amide bonds. The first kappa shape index (κ1) is 21.4. The number of halogens is 1. The van der Waals surface area contributed by atoms with E-state index >= 15 is 0 Å². The number of aliphatic imine (C=N–C) groups is 1. The molecule has 1 heterocycles. The summed E-state index contributed by atoms with van der Waals surface area (Å²) in [5.41, 5.74) is 0. The normalized spacial score (nSPS) is 32.4. The lowest BCUT2D eigenvalue weighted by Crippen LogP contribution is -2.47. The number of nitrogens with zero attached hydrogens (tertiary/aromatic N) is 2. The fourth-order valence-corrected chi connectivity index (χ4v) is 4.78. The van der Waals surface area contributed by atoms with Crippen molar-refractivity contribution in [3.63, 3.8) is 0 Å². The maximum absolute atomic E-state index is 4.38. The van der Waals surface area contributed by atoms with E-state index in [1.54, 1.807) is 0 Å². The number of piperidine rings is 1. The molecule has 2 fully saturated rings. The Hall–Kier alpha value is 0.310. The Morgan fingerprint density at radius 2 is 1.87 bits per heavy atom. The van der Waals surface area contributed by atoms with E-state index in [-0.39, 0.29) is 24.0 Å². The molecule has 2 aliphatic rings. The van der Waals surface area contributed by atoms with Gasteiger partial charge in [-0.15, -0.1) is 24.0 Å². The zero-order valence-electron chi connectivity index (χ0n) is 15.2. The lowest BCUT2D eigenvalue weighted by atomic mass is 9.92. The smallest absolute Gasteiger partial charge is 0.191 e. The Kier molecular flexibility index (Phi) is 10.2. The average molecular weight is 454 g/mol. The lowest BCUT2D eigenvalue weighted by Gasteiger charge is -2.35. The monoisotopic (exact) mass is 454 g/mol. The molecule has 2 N–H and O–H groups in total. The maximum atomic E-state index is 4.38. The van der Waals surface area contributed by atoms with E-state index in [9.17, 15) is 0 Å². The van der Waals surface area contributed by atoms with Crippen molar-refractivity contribution in [2.75, 3.05) is 39.5 Å². The van der Waals surface area contributed by atoms with Gasteiger partial charge in [0.1, 0.15) is 0 Å². The zero-order chi connectivity index (χ0) is 15.9. The molecule has 23 heavy (non-hydrogen) atoms. The number of hydrogen-bond acceptors (Lipinski definition) is 3. The van der Waals surface area contributed by atoms with Crippen molar-refractivity contribution in [1.29, 1.82) is 0 Å². The third kappa shape index (κ3) is 7.38. The van der Waals surface area contributed by atoms with Crippen molar-refractivity contribution >= 4 is 41.7 Å². The molecule has 6 heteroatoms. The minimum Gasteiger partial charge on any atom is -0.355 e. The molecule has 0 bridgehead atoms. The standard InChI is InChI=1S/C17H34N4S.HI/c1-13-9-14(2)12-21(11-13)8-7-19-17(18-3)20-15-5-6-16(10-15)22-4;/h13-16H,5-12H2,1-4H3,(H2,18,19,20);1H. The summed E-state index contributed by atoms with van der Waals surface area (Å²) in [5.74, 6) is 2.65. The van der Waals surface area contributed by atoms with Gasteiger partial charge in [-0.05, 0) is 43.8 Å². The number of hydrogen-bond donors (Lipinski definition) is 2. The van der Waals surface area contributed by atoms with Crippen molar-refractivity contribution in [3.05, 3.63) is 0 Å². The third-order valence-corrected chi connectivity index (χ3v) is 6.04. The SMILES string of the molecule is CN=C(NCCN1CC(C)CC(C)C1)NC1CCC(SC)C1.I. The van der Waals surface area contributed by atoms with Crippen LogP contribution in [0.5, 0.6) is 0 Å². The van der Waals surface area contributed by atoms with Gasteiger partial charge in [-0.2, -0.15) is 11.8 Å². The van der Waals surface area contributed by atoms with E-state index in [4.69, 9.17) is 0 Å². The first-order valence-corrected chi connectivity index (χ1v) is 10.1. The highest BCUT2D eigenvalue weighted by molar-refractivity contribution is 14.0. The number of thioether (sulfide) groups is 1. The number of likely N-dealkylation sites (tertiary alicyclic amines) is 1. The van der Waals surface area contributed by atoms with Crippen LogP contribution in [0.2, 0.25) is 0 Å². The summed E-state index contributed by atoms with van der Waals surface area (Å²) in [5, 5.41) is 7.91. The van der Waals surface area contributed by atoms with Gasteiger partial charge in [0.15, 0.2) is 5.96 Å². The number of guanidine groups is 1. The molecule has 1 aliphatic heterocycles. The van der Waals surface area contributed by atoms with Crippen LogP contribution < -0.4 is 10.6 Å². The van der Waals surface area contributed by atoms with Gasteiger partial charge in [0.25, 0.3) is 0 Å². The van der Waals surface area contributed by atoms with Crippen LogP contribution in [-0.4, -0.2) is 61.6 Å². The molecule has 0 spiro atoms. The molecule has 136 valence electrons. The molecule has 1 aliphatic carbocycles. The van der Waals surface area contributed by atoms with Crippen LogP contribution in [-0.2, 0) is 0 Å². The van der Waals surface area contributed by atoms with Gasteiger partial charge < -0.3 is 15.5 Å². The lowest BCUT2D eigenvalue weighted by molar-refractivity contribution is 0.143. The maximum Gasteiger partial charge on any atom is 0.191 e. The van der Waals surface area contributed by atoms with Gasteiger partial charge in [-0.3, -0.25) is 4.99 Å². The van der Waals surface area contributed by atoms with Gasteiger partial charge in [-0.25, -0.2) is 0 Å². The van der Waals surface area contributed by atoms with E-state index in [2.05, 4.69) is 40.6 Å². The fourth-order valence-electron chi connectivity index (χ4n) is 3.98. The van der Waals surface area contributed by atoms with Crippen LogP contribution in [0.3, 0.4) is 0 Å². The summed E-state index contributed by atoms with van der Waals surface area (Å²) in [6.45, 7) is 9.34. The van der Waals surface area contributed by atoms with Gasteiger partial charge in [0.05, 0.1) is 0 Å². The molecule has 4 atom stereocenters. The molecule has 2 rings (SSSR count). The van der Waals surface area contributed by atoms with Crippen LogP contribution in [0, 0.1) is 11.8 Å². The van der Waals surface area contributed by atoms with Gasteiger partial charge >= 0.3 is 0 Å². The molecule has 0 aromatic carbocycles. The van der Waals surface area contributed by atoms with Crippen molar-refractivity contribution in [3.8, 4) is 0 Å². The molecule has 1 saturated heterocycles. The highest BCUT2D eigenvalue weighted by atomic mass is 127. The molecular formula is C17H35IN4S. The van der Waals surface area contributed by atoms with Crippen molar-refractivity contribution in [2.45, 2.75) is 50.8 Å². The summed E-state index contributed by atoms with van der Waals surface area (Å²) in [6, 6.07) is 0.596. The highest BCUT2D eigenvalue weighted by Gasteiger charge is 2.25. The second-order valence-electron chi connectivity index (χ2n) is 7.22. The third-order valence-electron chi connectivity index (χ3n) is 4.95. The second kappa shape index (κ2) is 11.0. The highest BCUT2D eigenvalue weighted by Crippen LogP contribution is 2.28. The second-order valence-corrected chi connectivity index (χ2v) is 8.35. The quantitative estimate of drug-likeness (QED) is 0.381. The molecule has 0 aromatic heterocycles. The summed E-state index contributed by atoms with van der Waals surface area (Å²) >= 11 is 2.00. The predicted octanol–water partition coefficient (Wildman–Crippen LogP) is 3.03. The molecule has 4 unspecified atom stereocenters. The molecule has 4 nitrogen and oxygen atoms in total. The minimum atomic E-state index is 0. The predicted molar refractivity (Wildman–Crippen MR) is 114 cm³/mol. The number of nitrogens with one attached hydrogen (secondary N) is 2. The largest absolute Gasteiger partial charge is 0.355 e. The van der Waals surface area contributed by atoms with Crippen LogP contribution in [0.25, 0.3) is 0 Å². The number of rotatable bonds is 5. The van der Waals surface area contributed by atoms with Crippen LogP contribution in [0.1, 0.15) is 39.5 Å². The van der Waals surface area contributed by atoms with Crippen molar-refractivity contribution < 1.29 is 0 Å². The van der Waals surface area contributed by atoms with Crippen LogP contribution in [0.15, 0.2) is 4.99 Å². The summed E-state index contributed by atoms with van der Waals surface area (Å²) in [7, 11) is 1.88. The minimum absolute atomic E-state index is 0. The van der Waals surface area contributed by atoms with Gasteiger partial charge in [0.2, 0.25) is 0 Å². The zero-order valence-corrected chi connectivity index (χ0v) is 18.3. The first-order chi connectivity index (χ1) is 10.6. The Morgan fingerprint density at radius 3 is 2.43 bits per heavy atom. The molecular weight excluding hydrogens is 419 g/mol. The summed E-state index contributed by atoms with van der Waals surface area (Å²) in [6.07, 6.45) is 7.47. The summed E-state index contributed by atoms with van der Waals surface area (Å²) < 4.78 is 0. The molecule has 0 aromatic rings. The Bertz CT molecular complexity index is 357. The van der Waals surface area contributed by atoms with E-state index in [0.717, 1.165) is 36.1 Å². The molecule has 1 saturated carbocycles. The Morgan fingerprint density at radius 1 is 1.17 bits per heavy atom. The van der Waals surface area contributed by atoms with E-state index < -0.39 is 0 Å². The first-order valence-electron chi connectivity index (χ1n) is 8.83. The van der Waals surface area contributed by atoms with Gasteiger partial charge in [-0.1, -0.05) is 13.8 Å². The molecule has 0 radical (unpaired) electrons. The van der Waals surface area contributed by atoms with E-state index in [0.29, 0.717) is 6.04 Å². The van der Waals surface area contributed by atoms with Crippen LogP contribution >= 0.6 is 35.7 Å². The average Bonchev–Trinajstić information content (AvgIpc) is 2.93. The van der Waals surface area contributed by atoms with Gasteiger partial charge in [0, 0.05) is 44.5 Å². The van der Waals surface area contributed by atoms with E-state index in [1.807, 2.05) is 18.8 Å².